The monoisotopic (exact) mass is 374 g/mol. The Hall–Kier alpha value is -3.19. The highest BCUT2D eigenvalue weighted by molar-refractivity contribution is 6.30. The third kappa shape index (κ3) is 5.71. The molecule has 134 valence electrons. The van der Waals surface area contributed by atoms with Crippen LogP contribution in [0.5, 0.6) is 0 Å². The minimum absolute atomic E-state index is 0.0442. The number of hydrogen-bond donors (Lipinski definition) is 1. The summed E-state index contributed by atoms with van der Waals surface area (Å²) in [5, 5.41) is 13.7. The van der Waals surface area contributed by atoms with Gasteiger partial charge in [0.15, 0.2) is 6.10 Å². The van der Waals surface area contributed by atoms with Crippen LogP contribution in [0, 0.1) is 10.1 Å². The molecule has 8 heteroatoms. The van der Waals surface area contributed by atoms with Crippen LogP contribution < -0.4 is 5.32 Å². The first kappa shape index (κ1) is 19.1. The Morgan fingerprint density at radius 1 is 1.15 bits per heavy atom. The van der Waals surface area contributed by atoms with E-state index in [-0.39, 0.29) is 5.69 Å². The Bertz CT molecular complexity index is 832. The minimum atomic E-state index is -1.00. The molecule has 0 radical (unpaired) electrons. The van der Waals surface area contributed by atoms with Crippen molar-refractivity contribution in [2.45, 2.75) is 13.0 Å². The van der Waals surface area contributed by atoms with Crippen LogP contribution in [0.3, 0.4) is 0 Å². The van der Waals surface area contributed by atoms with Crippen molar-refractivity contribution < 1.29 is 19.2 Å². The van der Waals surface area contributed by atoms with Gasteiger partial charge in [0.1, 0.15) is 0 Å². The van der Waals surface area contributed by atoms with E-state index in [9.17, 15) is 19.7 Å². The minimum Gasteiger partial charge on any atom is -0.449 e. The van der Waals surface area contributed by atoms with Gasteiger partial charge >= 0.3 is 5.97 Å². The van der Waals surface area contributed by atoms with Crippen molar-refractivity contribution in [1.29, 1.82) is 0 Å². The van der Waals surface area contributed by atoms with Crippen LogP contribution in [0.15, 0.2) is 54.6 Å². The van der Waals surface area contributed by atoms with Crippen molar-refractivity contribution in [2.24, 2.45) is 0 Å². The van der Waals surface area contributed by atoms with Gasteiger partial charge in [0.05, 0.1) is 4.92 Å². The molecule has 0 aliphatic carbocycles. The molecular formula is C18H15ClN2O5. The third-order valence-corrected chi connectivity index (χ3v) is 3.54. The summed E-state index contributed by atoms with van der Waals surface area (Å²) < 4.78 is 5.02. The molecule has 0 heterocycles. The smallest absolute Gasteiger partial charge is 0.331 e. The number of esters is 1. The molecule has 2 aromatic rings. The van der Waals surface area contributed by atoms with Crippen LogP contribution in [-0.2, 0) is 14.3 Å². The maximum Gasteiger partial charge on any atom is 0.331 e. The molecule has 0 aliphatic heterocycles. The van der Waals surface area contributed by atoms with E-state index in [0.717, 1.165) is 6.08 Å². The lowest BCUT2D eigenvalue weighted by atomic mass is 10.2. The molecule has 2 aromatic carbocycles. The van der Waals surface area contributed by atoms with Gasteiger partial charge in [0, 0.05) is 28.9 Å². The Kier molecular flexibility index (Phi) is 6.46. The molecule has 1 atom stereocenters. The lowest BCUT2D eigenvalue weighted by molar-refractivity contribution is -0.384. The van der Waals surface area contributed by atoms with Crippen LogP contribution >= 0.6 is 11.6 Å². The predicted molar refractivity (Wildman–Crippen MR) is 97.8 cm³/mol. The van der Waals surface area contributed by atoms with Gasteiger partial charge in [-0.2, -0.15) is 0 Å². The normalized spacial score (nSPS) is 11.8. The summed E-state index contributed by atoms with van der Waals surface area (Å²) in [7, 11) is 0. The summed E-state index contributed by atoms with van der Waals surface area (Å²) in [4.78, 5) is 33.9. The van der Waals surface area contributed by atoms with E-state index in [1.807, 2.05) is 0 Å². The number of anilines is 1. The molecule has 0 aliphatic rings. The van der Waals surface area contributed by atoms with E-state index in [1.165, 1.54) is 37.3 Å². The van der Waals surface area contributed by atoms with Crippen LogP contribution in [-0.4, -0.2) is 22.9 Å². The molecule has 0 fully saturated rings. The fraction of sp³-hybridized carbons (Fsp3) is 0.111. The fourth-order valence-corrected chi connectivity index (χ4v) is 2.04. The van der Waals surface area contributed by atoms with Gasteiger partial charge in [-0.15, -0.1) is 0 Å². The van der Waals surface area contributed by atoms with Crippen molar-refractivity contribution in [3.63, 3.8) is 0 Å². The second-order valence-corrected chi connectivity index (χ2v) is 5.69. The van der Waals surface area contributed by atoms with E-state index < -0.39 is 22.9 Å². The van der Waals surface area contributed by atoms with Crippen LogP contribution in [0.2, 0.25) is 5.02 Å². The first-order valence-electron chi connectivity index (χ1n) is 7.55. The van der Waals surface area contributed by atoms with Crippen LogP contribution in [0.25, 0.3) is 6.08 Å². The number of nitro groups is 1. The molecule has 0 saturated carbocycles. The van der Waals surface area contributed by atoms with Crippen LogP contribution in [0.1, 0.15) is 12.5 Å². The number of non-ortho nitro benzene ring substituents is 1. The summed E-state index contributed by atoms with van der Waals surface area (Å²) in [6.45, 7) is 1.45. The number of amides is 1. The Labute approximate surface area is 154 Å². The molecule has 26 heavy (non-hydrogen) atoms. The van der Waals surface area contributed by atoms with Crippen molar-refractivity contribution in [2.75, 3.05) is 5.32 Å². The number of carbonyl (C=O) groups is 2. The first-order chi connectivity index (χ1) is 12.3. The average Bonchev–Trinajstić information content (AvgIpc) is 2.62. The number of halogens is 1. The maximum atomic E-state index is 12.0. The molecule has 2 rings (SSSR count). The maximum absolute atomic E-state index is 12.0. The molecule has 0 unspecified atom stereocenters. The molecule has 0 spiro atoms. The number of hydrogen-bond acceptors (Lipinski definition) is 5. The molecule has 7 nitrogen and oxygen atoms in total. The second-order valence-electron chi connectivity index (χ2n) is 5.26. The number of benzene rings is 2. The van der Waals surface area contributed by atoms with Crippen molar-refractivity contribution in [3.05, 3.63) is 75.3 Å². The number of nitrogens with one attached hydrogen (secondary N) is 1. The molecule has 1 amide bonds. The Balaban J connectivity index is 1.88. The summed E-state index contributed by atoms with van der Waals surface area (Å²) in [5.74, 6) is -1.19. The molecule has 0 aromatic heterocycles. The fourth-order valence-electron chi connectivity index (χ4n) is 1.92. The van der Waals surface area contributed by atoms with E-state index in [0.29, 0.717) is 16.3 Å². The topological polar surface area (TPSA) is 98.5 Å². The summed E-state index contributed by atoms with van der Waals surface area (Å²) in [5.41, 5.74) is 1.08. The lowest BCUT2D eigenvalue weighted by Crippen LogP contribution is -2.29. The Morgan fingerprint density at radius 2 is 1.77 bits per heavy atom. The van der Waals surface area contributed by atoms with Crippen molar-refractivity contribution >= 4 is 40.9 Å². The molecule has 1 N–H and O–H groups in total. The van der Waals surface area contributed by atoms with Gasteiger partial charge in [-0.3, -0.25) is 14.9 Å². The predicted octanol–water partition coefficient (Wildman–Crippen LogP) is 3.83. The summed E-state index contributed by atoms with van der Waals surface area (Å²) in [6.07, 6.45) is 1.59. The molecule has 0 bridgehead atoms. The van der Waals surface area contributed by atoms with Gasteiger partial charge < -0.3 is 10.1 Å². The highest BCUT2D eigenvalue weighted by Crippen LogP contribution is 2.14. The molecular weight excluding hydrogens is 360 g/mol. The Morgan fingerprint density at radius 3 is 2.35 bits per heavy atom. The van der Waals surface area contributed by atoms with E-state index in [2.05, 4.69) is 5.32 Å². The number of nitrogens with zero attached hydrogens (tertiary/aromatic N) is 1. The van der Waals surface area contributed by atoms with Gasteiger partial charge in [0.2, 0.25) is 0 Å². The van der Waals surface area contributed by atoms with Crippen molar-refractivity contribution in [1.82, 2.24) is 0 Å². The zero-order valence-electron chi connectivity index (χ0n) is 13.7. The molecule has 0 saturated heterocycles. The number of carbonyl (C=O) groups excluding carboxylic acids is 2. The first-order valence-corrected chi connectivity index (χ1v) is 7.92. The zero-order chi connectivity index (χ0) is 19.1. The highest BCUT2D eigenvalue weighted by atomic mass is 35.5. The van der Waals surface area contributed by atoms with E-state index >= 15 is 0 Å². The quantitative estimate of drug-likeness (QED) is 0.358. The highest BCUT2D eigenvalue weighted by Gasteiger charge is 2.16. The second kappa shape index (κ2) is 8.77. The van der Waals surface area contributed by atoms with Crippen LogP contribution in [0.4, 0.5) is 11.4 Å². The standard InChI is InChI=1S/C18H15ClN2O5/c1-12(18(23)20-15-7-5-14(19)6-8-15)26-17(22)11-4-13-2-9-16(10-3-13)21(24)25/h2-12H,1H3,(H,20,23)/b11-4+/t12-/m1/s1. The lowest BCUT2D eigenvalue weighted by Gasteiger charge is -2.12. The zero-order valence-corrected chi connectivity index (χ0v) is 14.5. The number of nitro benzene ring substituents is 1. The van der Waals surface area contributed by atoms with Gasteiger partial charge in [0.25, 0.3) is 11.6 Å². The van der Waals surface area contributed by atoms with E-state index in [1.54, 1.807) is 24.3 Å². The number of rotatable bonds is 6. The summed E-state index contributed by atoms with van der Waals surface area (Å²) >= 11 is 5.77. The number of ether oxygens (including phenoxy) is 1. The van der Waals surface area contributed by atoms with Crippen molar-refractivity contribution in [3.8, 4) is 0 Å². The average molecular weight is 375 g/mol. The van der Waals surface area contributed by atoms with Gasteiger partial charge in [-0.05, 0) is 55.0 Å². The third-order valence-electron chi connectivity index (χ3n) is 3.29. The summed E-state index contributed by atoms with van der Waals surface area (Å²) in [6, 6.07) is 12.2. The van der Waals surface area contributed by atoms with E-state index in [4.69, 9.17) is 16.3 Å². The largest absolute Gasteiger partial charge is 0.449 e. The SMILES string of the molecule is C[C@@H](OC(=O)/C=C/c1ccc([N+](=O)[O-])cc1)C(=O)Nc1ccc(Cl)cc1. The van der Waals surface area contributed by atoms with Gasteiger partial charge in [-0.25, -0.2) is 4.79 Å². The van der Waals surface area contributed by atoms with Gasteiger partial charge in [-0.1, -0.05) is 11.6 Å².